The topological polar surface area (TPSA) is 52.0 Å². The van der Waals surface area contributed by atoms with Gasteiger partial charge in [-0.25, -0.2) is 9.37 Å². The SMILES string of the molecule is CN(C)c1cccc(CNc2cccc(F)c2C#N)n1. The Balaban J connectivity index is 2.15. The van der Waals surface area contributed by atoms with Crippen molar-refractivity contribution in [2.75, 3.05) is 24.3 Å². The van der Waals surface area contributed by atoms with Gasteiger partial charge in [0, 0.05) is 14.1 Å². The van der Waals surface area contributed by atoms with Crippen LogP contribution >= 0.6 is 0 Å². The van der Waals surface area contributed by atoms with Gasteiger partial charge in [0.15, 0.2) is 0 Å². The molecule has 1 aromatic heterocycles. The van der Waals surface area contributed by atoms with E-state index in [-0.39, 0.29) is 5.56 Å². The molecule has 1 heterocycles. The largest absolute Gasteiger partial charge is 0.378 e. The molecule has 1 N–H and O–H groups in total. The second kappa shape index (κ2) is 6.02. The van der Waals surface area contributed by atoms with Crippen LogP contribution in [0.25, 0.3) is 0 Å². The number of hydrogen-bond acceptors (Lipinski definition) is 4. The first kappa shape index (κ1) is 13.8. The van der Waals surface area contributed by atoms with Gasteiger partial charge in [-0.2, -0.15) is 5.26 Å². The van der Waals surface area contributed by atoms with Gasteiger partial charge >= 0.3 is 0 Å². The van der Waals surface area contributed by atoms with Gasteiger partial charge in [-0.05, 0) is 24.3 Å². The molecule has 0 amide bonds. The highest BCUT2D eigenvalue weighted by Gasteiger charge is 2.07. The van der Waals surface area contributed by atoms with Gasteiger partial charge < -0.3 is 10.2 Å². The number of nitriles is 1. The zero-order valence-corrected chi connectivity index (χ0v) is 11.4. The van der Waals surface area contributed by atoms with E-state index in [0.717, 1.165) is 11.5 Å². The van der Waals surface area contributed by atoms with Crippen molar-refractivity contribution in [3.63, 3.8) is 0 Å². The summed E-state index contributed by atoms with van der Waals surface area (Å²) in [5, 5.41) is 12.0. The second-order valence-corrected chi connectivity index (χ2v) is 4.51. The van der Waals surface area contributed by atoms with Crippen molar-refractivity contribution in [3.8, 4) is 6.07 Å². The normalized spacial score (nSPS) is 9.90. The number of pyridine rings is 1. The van der Waals surface area contributed by atoms with E-state index in [2.05, 4.69) is 10.3 Å². The highest BCUT2D eigenvalue weighted by molar-refractivity contribution is 5.58. The molecule has 0 aliphatic rings. The van der Waals surface area contributed by atoms with Crippen molar-refractivity contribution in [2.24, 2.45) is 0 Å². The van der Waals surface area contributed by atoms with Crippen LogP contribution in [0.2, 0.25) is 0 Å². The van der Waals surface area contributed by atoms with Crippen molar-refractivity contribution < 1.29 is 4.39 Å². The van der Waals surface area contributed by atoms with Crippen molar-refractivity contribution in [1.82, 2.24) is 4.98 Å². The molecule has 0 saturated carbocycles. The molecule has 1 aromatic carbocycles. The molecule has 0 unspecified atom stereocenters. The molecule has 0 aliphatic carbocycles. The fourth-order valence-electron chi connectivity index (χ4n) is 1.79. The monoisotopic (exact) mass is 270 g/mol. The molecule has 0 fully saturated rings. The van der Waals surface area contributed by atoms with Crippen LogP contribution < -0.4 is 10.2 Å². The summed E-state index contributed by atoms with van der Waals surface area (Å²) < 4.78 is 13.5. The van der Waals surface area contributed by atoms with Gasteiger partial charge in [-0.3, -0.25) is 0 Å². The lowest BCUT2D eigenvalue weighted by Gasteiger charge is -2.13. The molecule has 5 heteroatoms. The van der Waals surface area contributed by atoms with Crippen molar-refractivity contribution in [1.29, 1.82) is 5.26 Å². The highest BCUT2D eigenvalue weighted by atomic mass is 19.1. The molecule has 0 radical (unpaired) electrons. The summed E-state index contributed by atoms with van der Waals surface area (Å²) in [6.07, 6.45) is 0. The molecule has 2 rings (SSSR count). The van der Waals surface area contributed by atoms with E-state index < -0.39 is 5.82 Å². The Labute approximate surface area is 117 Å². The number of halogens is 1. The first-order valence-electron chi connectivity index (χ1n) is 6.17. The Morgan fingerprint density at radius 3 is 2.70 bits per heavy atom. The number of aromatic nitrogens is 1. The smallest absolute Gasteiger partial charge is 0.143 e. The Bertz CT molecular complexity index is 647. The standard InChI is InChI=1S/C15H15FN4/c1-20(2)15-8-3-5-11(19-15)10-18-14-7-4-6-13(16)12(14)9-17/h3-8,18H,10H2,1-2H3. The van der Waals surface area contributed by atoms with Crippen LogP contribution in [-0.2, 0) is 6.54 Å². The number of hydrogen-bond donors (Lipinski definition) is 1. The highest BCUT2D eigenvalue weighted by Crippen LogP contribution is 2.18. The molecule has 4 nitrogen and oxygen atoms in total. The zero-order valence-electron chi connectivity index (χ0n) is 11.4. The maximum Gasteiger partial charge on any atom is 0.143 e. The molecule has 0 spiro atoms. The summed E-state index contributed by atoms with van der Waals surface area (Å²) in [5.74, 6) is 0.330. The maximum absolute atomic E-state index is 13.5. The summed E-state index contributed by atoms with van der Waals surface area (Å²) in [5.41, 5.74) is 1.32. The van der Waals surface area contributed by atoms with Gasteiger partial charge in [-0.15, -0.1) is 0 Å². The zero-order chi connectivity index (χ0) is 14.5. The Morgan fingerprint density at radius 1 is 1.25 bits per heavy atom. The minimum absolute atomic E-state index is 0.0243. The van der Waals surface area contributed by atoms with Gasteiger partial charge in [0.25, 0.3) is 0 Å². The molecule has 0 bridgehead atoms. The first-order chi connectivity index (χ1) is 9.61. The van der Waals surface area contributed by atoms with Crippen LogP contribution in [-0.4, -0.2) is 19.1 Å². The van der Waals surface area contributed by atoms with E-state index in [1.165, 1.54) is 6.07 Å². The van der Waals surface area contributed by atoms with E-state index in [1.54, 1.807) is 12.1 Å². The summed E-state index contributed by atoms with van der Waals surface area (Å²) in [7, 11) is 3.83. The lowest BCUT2D eigenvalue weighted by Crippen LogP contribution is -2.12. The minimum Gasteiger partial charge on any atom is -0.378 e. The molecule has 20 heavy (non-hydrogen) atoms. The molecule has 0 atom stereocenters. The minimum atomic E-state index is -0.521. The summed E-state index contributed by atoms with van der Waals surface area (Å²) in [6, 6.07) is 12.1. The average molecular weight is 270 g/mol. The number of anilines is 2. The molecular formula is C15H15FN4. The molecule has 102 valence electrons. The van der Waals surface area contributed by atoms with Gasteiger partial charge in [0.2, 0.25) is 0 Å². The van der Waals surface area contributed by atoms with Crippen LogP contribution in [0.15, 0.2) is 36.4 Å². The number of rotatable bonds is 4. The third-order valence-electron chi connectivity index (χ3n) is 2.84. The average Bonchev–Trinajstić information content (AvgIpc) is 2.45. The van der Waals surface area contributed by atoms with Crippen LogP contribution in [0.4, 0.5) is 15.9 Å². The van der Waals surface area contributed by atoms with E-state index in [9.17, 15) is 4.39 Å². The van der Waals surface area contributed by atoms with E-state index >= 15 is 0 Å². The first-order valence-corrected chi connectivity index (χ1v) is 6.17. The predicted octanol–water partition coefficient (Wildman–Crippen LogP) is 2.77. The number of nitrogens with zero attached hydrogens (tertiary/aromatic N) is 3. The fourth-order valence-corrected chi connectivity index (χ4v) is 1.79. The Hall–Kier alpha value is -2.61. The third-order valence-corrected chi connectivity index (χ3v) is 2.84. The summed E-state index contributed by atoms with van der Waals surface area (Å²) in [6.45, 7) is 0.430. The van der Waals surface area contributed by atoms with Crippen molar-refractivity contribution in [2.45, 2.75) is 6.54 Å². The van der Waals surface area contributed by atoms with E-state index in [0.29, 0.717) is 12.2 Å². The molecule has 0 aliphatic heterocycles. The predicted molar refractivity (Wildman–Crippen MR) is 77.0 cm³/mol. The van der Waals surface area contributed by atoms with Gasteiger partial charge in [0.05, 0.1) is 17.9 Å². The Kier molecular flexibility index (Phi) is 4.16. The van der Waals surface area contributed by atoms with Crippen LogP contribution in [0.5, 0.6) is 0 Å². The summed E-state index contributed by atoms with van der Waals surface area (Å²) in [4.78, 5) is 6.36. The summed E-state index contributed by atoms with van der Waals surface area (Å²) >= 11 is 0. The lowest BCUT2D eigenvalue weighted by molar-refractivity contribution is 0.624. The van der Waals surface area contributed by atoms with Crippen LogP contribution in [0, 0.1) is 17.1 Å². The van der Waals surface area contributed by atoms with Crippen LogP contribution in [0.1, 0.15) is 11.3 Å². The molecular weight excluding hydrogens is 255 g/mol. The van der Waals surface area contributed by atoms with E-state index in [1.807, 2.05) is 43.3 Å². The third kappa shape index (κ3) is 3.04. The van der Waals surface area contributed by atoms with E-state index in [4.69, 9.17) is 5.26 Å². The van der Waals surface area contributed by atoms with Crippen LogP contribution in [0.3, 0.4) is 0 Å². The Morgan fingerprint density at radius 2 is 2.00 bits per heavy atom. The van der Waals surface area contributed by atoms with Crippen molar-refractivity contribution in [3.05, 3.63) is 53.5 Å². The fraction of sp³-hybridized carbons (Fsp3) is 0.200. The van der Waals surface area contributed by atoms with Gasteiger partial charge in [-0.1, -0.05) is 12.1 Å². The lowest BCUT2D eigenvalue weighted by atomic mass is 10.2. The van der Waals surface area contributed by atoms with Crippen molar-refractivity contribution >= 4 is 11.5 Å². The number of benzene rings is 1. The quantitative estimate of drug-likeness (QED) is 0.928. The molecule has 0 saturated heterocycles. The second-order valence-electron chi connectivity index (χ2n) is 4.51. The molecule has 2 aromatic rings. The van der Waals surface area contributed by atoms with Gasteiger partial charge in [0.1, 0.15) is 23.3 Å². The maximum atomic E-state index is 13.5. The number of nitrogens with one attached hydrogen (secondary N) is 1.